The predicted octanol–water partition coefficient (Wildman–Crippen LogP) is 1.96. The zero-order chi connectivity index (χ0) is 15.6. The molecule has 7 heteroatoms. The number of likely N-dealkylation sites (N-methyl/N-ethyl adjacent to an activating group) is 1. The molecule has 5 nitrogen and oxygen atoms in total. The first-order chi connectivity index (χ1) is 9.93. The predicted molar refractivity (Wildman–Crippen MR) is 85.1 cm³/mol. The molecule has 1 aromatic rings. The van der Waals surface area contributed by atoms with Gasteiger partial charge in [-0.1, -0.05) is 6.92 Å². The van der Waals surface area contributed by atoms with Crippen molar-refractivity contribution in [2.45, 2.75) is 43.6 Å². The van der Waals surface area contributed by atoms with Gasteiger partial charge in [0, 0.05) is 44.1 Å². The summed E-state index contributed by atoms with van der Waals surface area (Å²) in [5.74, 6) is 0.323. The first-order valence-electron chi connectivity index (χ1n) is 7.39. The van der Waals surface area contributed by atoms with E-state index in [4.69, 9.17) is 11.6 Å². The molecule has 0 spiro atoms. The summed E-state index contributed by atoms with van der Waals surface area (Å²) in [5, 5.41) is 0. The molecule has 1 unspecified atom stereocenters. The summed E-state index contributed by atoms with van der Waals surface area (Å²) in [6.45, 7) is 6.67. The summed E-state index contributed by atoms with van der Waals surface area (Å²) >= 11 is 5.89. The first kappa shape index (κ1) is 16.8. The average molecular weight is 334 g/mol. The number of aryl methyl sites for hydroxylation is 1. The van der Waals surface area contributed by atoms with Crippen LogP contribution in [-0.4, -0.2) is 54.9 Å². The third-order valence-electron chi connectivity index (χ3n) is 4.29. The van der Waals surface area contributed by atoms with Gasteiger partial charge in [0.25, 0.3) is 0 Å². The Bertz CT molecular complexity index is 564. The van der Waals surface area contributed by atoms with Crippen molar-refractivity contribution in [3.8, 4) is 0 Å². The van der Waals surface area contributed by atoms with Crippen LogP contribution in [0.2, 0.25) is 0 Å². The van der Waals surface area contributed by atoms with Crippen molar-refractivity contribution in [3.05, 3.63) is 18.0 Å². The average Bonchev–Trinajstić information content (AvgIpc) is 2.91. The van der Waals surface area contributed by atoms with Crippen LogP contribution < -0.4 is 0 Å². The van der Waals surface area contributed by atoms with Crippen LogP contribution in [0.3, 0.4) is 0 Å². The van der Waals surface area contributed by atoms with Gasteiger partial charge in [-0.15, -0.1) is 11.6 Å². The van der Waals surface area contributed by atoms with Gasteiger partial charge in [0.1, 0.15) is 4.90 Å². The number of piperazine rings is 1. The Kier molecular flexibility index (Phi) is 5.35. The summed E-state index contributed by atoms with van der Waals surface area (Å²) < 4.78 is 29.1. The van der Waals surface area contributed by atoms with E-state index < -0.39 is 10.0 Å². The molecule has 1 aliphatic heterocycles. The van der Waals surface area contributed by atoms with Crippen LogP contribution in [0.25, 0.3) is 0 Å². The van der Waals surface area contributed by atoms with Crippen LogP contribution in [0.4, 0.5) is 0 Å². The highest BCUT2D eigenvalue weighted by atomic mass is 35.5. The van der Waals surface area contributed by atoms with Crippen LogP contribution in [0.15, 0.2) is 17.2 Å². The van der Waals surface area contributed by atoms with E-state index in [0.29, 0.717) is 23.9 Å². The van der Waals surface area contributed by atoms with Crippen molar-refractivity contribution in [1.82, 2.24) is 13.8 Å². The molecule has 1 aromatic heterocycles. The second-order valence-corrected chi connectivity index (χ2v) is 7.70. The van der Waals surface area contributed by atoms with E-state index in [-0.39, 0.29) is 6.04 Å². The molecular weight excluding hydrogens is 310 g/mol. The van der Waals surface area contributed by atoms with Crippen molar-refractivity contribution in [2.75, 3.05) is 26.7 Å². The van der Waals surface area contributed by atoms with Crippen LogP contribution in [0.5, 0.6) is 0 Å². The molecule has 2 rings (SSSR count). The summed E-state index contributed by atoms with van der Waals surface area (Å²) in [4.78, 5) is 2.59. The highest BCUT2D eigenvalue weighted by molar-refractivity contribution is 7.89. The molecule has 120 valence electrons. The van der Waals surface area contributed by atoms with Crippen LogP contribution in [0.1, 0.15) is 26.0 Å². The Labute approximate surface area is 132 Å². The Balaban J connectivity index is 2.27. The summed E-state index contributed by atoms with van der Waals surface area (Å²) in [7, 11) is -1.37. The molecule has 1 aliphatic rings. The minimum atomic E-state index is -3.42. The lowest BCUT2D eigenvalue weighted by Gasteiger charge is -2.38. The number of hydrogen-bond donors (Lipinski definition) is 0. The molecule has 0 bridgehead atoms. The molecule has 0 N–H and O–H groups in total. The van der Waals surface area contributed by atoms with Gasteiger partial charge < -0.3 is 9.47 Å². The SMILES string of the molecule is CCC1CN(S(=O)(=O)c2cc(CCl)n(CC)c2)CCN1C. The summed E-state index contributed by atoms with van der Waals surface area (Å²) in [6, 6.07) is 1.99. The fraction of sp³-hybridized carbons (Fsp3) is 0.714. The molecule has 0 radical (unpaired) electrons. The molecule has 2 heterocycles. The first-order valence-corrected chi connectivity index (χ1v) is 9.36. The molecule has 0 amide bonds. The molecule has 21 heavy (non-hydrogen) atoms. The minimum absolute atomic E-state index is 0.286. The summed E-state index contributed by atoms with van der Waals surface area (Å²) in [5.41, 5.74) is 0.846. The Morgan fingerprint density at radius 1 is 1.33 bits per heavy atom. The van der Waals surface area contributed by atoms with Gasteiger partial charge in [0.05, 0.1) is 5.88 Å². The molecular formula is C14H24ClN3O2S. The largest absolute Gasteiger partial charge is 0.349 e. The standard InChI is InChI=1S/C14H24ClN3O2S/c1-4-12-10-18(7-6-16(12)3)21(19,20)14-8-13(9-15)17(5-2)11-14/h8,11-12H,4-7,9-10H2,1-3H3. The maximum atomic E-state index is 12.8. The zero-order valence-corrected chi connectivity index (χ0v) is 14.5. The van der Waals surface area contributed by atoms with E-state index in [9.17, 15) is 8.42 Å². The molecule has 1 fully saturated rings. The fourth-order valence-electron chi connectivity index (χ4n) is 2.80. The lowest BCUT2D eigenvalue weighted by molar-refractivity contribution is 0.144. The molecule has 0 aromatic carbocycles. The van der Waals surface area contributed by atoms with Crippen molar-refractivity contribution < 1.29 is 8.42 Å². The third kappa shape index (κ3) is 3.28. The van der Waals surface area contributed by atoms with Crippen LogP contribution in [0, 0.1) is 0 Å². The summed E-state index contributed by atoms with van der Waals surface area (Å²) in [6.07, 6.45) is 2.65. The number of nitrogens with zero attached hydrogens (tertiary/aromatic N) is 3. The Morgan fingerprint density at radius 2 is 2.05 bits per heavy atom. The van der Waals surface area contributed by atoms with Crippen molar-refractivity contribution in [1.29, 1.82) is 0 Å². The fourth-order valence-corrected chi connectivity index (χ4v) is 4.56. The van der Waals surface area contributed by atoms with Gasteiger partial charge in [-0.25, -0.2) is 8.42 Å². The van der Waals surface area contributed by atoms with Crippen molar-refractivity contribution in [2.24, 2.45) is 0 Å². The van der Waals surface area contributed by atoms with Crippen LogP contribution >= 0.6 is 11.6 Å². The van der Waals surface area contributed by atoms with Gasteiger partial charge in [-0.3, -0.25) is 0 Å². The highest BCUT2D eigenvalue weighted by Gasteiger charge is 2.32. The molecule has 0 aliphatic carbocycles. The van der Waals surface area contributed by atoms with E-state index in [2.05, 4.69) is 18.9 Å². The number of rotatable bonds is 5. The molecule has 1 saturated heterocycles. The lowest BCUT2D eigenvalue weighted by atomic mass is 10.1. The second-order valence-electron chi connectivity index (χ2n) is 5.49. The monoisotopic (exact) mass is 333 g/mol. The number of hydrogen-bond acceptors (Lipinski definition) is 3. The molecule has 1 atom stereocenters. The van der Waals surface area contributed by atoms with E-state index in [0.717, 1.165) is 25.2 Å². The number of aromatic nitrogens is 1. The van der Waals surface area contributed by atoms with Gasteiger partial charge >= 0.3 is 0 Å². The van der Waals surface area contributed by atoms with Crippen molar-refractivity contribution >= 4 is 21.6 Å². The zero-order valence-electron chi connectivity index (χ0n) is 12.9. The number of halogens is 1. The number of sulfonamides is 1. The quantitative estimate of drug-likeness (QED) is 0.774. The second kappa shape index (κ2) is 6.69. The van der Waals surface area contributed by atoms with E-state index in [1.54, 1.807) is 16.6 Å². The number of alkyl halides is 1. The normalized spacial score (nSPS) is 21.8. The van der Waals surface area contributed by atoms with Crippen molar-refractivity contribution in [3.63, 3.8) is 0 Å². The van der Waals surface area contributed by atoms with Gasteiger partial charge in [-0.05, 0) is 26.5 Å². The van der Waals surface area contributed by atoms with E-state index in [1.807, 2.05) is 11.5 Å². The van der Waals surface area contributed by atoms with Gasteiger partial charge in [0.2, 0.25) is 10.0 Å². The Hall–Kier alpha value is -0.560. The van der Waals surface area contributed by atoms with E-state index in [1.165, 1.54) is 0 Å². The van der Waals surface area contributed by atoms with E-state index >= 15 is 0 Å². The topological polar surface area (TPSA) is 45.6 Å². The smallest absolute Gasteiger partial charge is 0.244 e. The van der Waals surface area contributed by atoms with Crippen LogP contribution in [-0.2, 0) is 22.4 Å². The Morgan fingerprint density at radius 3 is 2.57 bits per heavy atom. The lowest BCUT2D eigenvalue weighted by Crippen LogP contribution is -2.52. The molecule has 0 saturated carbocycles. The van der Waals surface area contributed by atoms with Gasteiger partial charge in [0.15, 0.2) is 0 Å². The minimum Gasteiger partial charge on any atom is -0.349 e. The van der Waals surface area contributed by atoms with Gasteiger partial charge in [-0.2, -0.15) is 4.31 Å². The third-order valence-corrected chi connectivity index (χ3v) is 6.39. The maximum absolute atomic E-state index is 12.8. The highest BCUT2D eigenvalue weighted by Crippen LogP contribution is 2.23. The maximum Gasteiger partial charge on any atom is 0.244 e.